The minimum absolute atomic E-state index is 0.0556. The number of aromatic nitrogens is 1. The van der Waals surface area contributed by atoms with E-state index in [0.29, 0.717) is 12.2 Å². The molecule has 1 amide bonds. The molecule has 0 bridgehead atoms. The summed E-state index contributed by atoms with van der Waals surface area (Å²) in [6.45, 7) is 6.58. The van der Waals surface area contributed by atoms with Crippen molar-refractivity contribution in [1.82, 2.24) is 10.5 Å². The molecule has 3 rings (SSSR count). The van der Waals surface area contributed by atoms with Crippen LogP contribution in [0.3, 0.4) is 0 Å². The highest BCUT2D eigenvalue weighted by molar-refractivity contribution is 5.88. The summed E-state index contributed by atoms with van der Waals surface area (Å²) in [6.07, 6.45) is 0.224. The third-order valence-electron chi connectivity index (χ3n) is 3.92. The highest BCUT2D eigenvalue weighted by atomic mass is 16.5. The first-order valence-corrected chi connectivity index (χ1v) is 7.70. The summed E-state index contributed by atoms with van der Waals surface area (Å²) >= 11 is 0. The van der Waals surface area contributed by atoms with Crippen molar-refractivity contribution in [2.75, 3.05) is 0 Å². The van der Waals surface area contributed by atoms with Crippen LogP contribution in [0, 0.1) is 20.8 Å². The van der Waals surface area contributed by atoms with Crippen molar-refractivity contribution in [2.24, 2.45) is 0 Å². The molecule has 1 N–H and O–H groups in total. The molecule has 1 heterocycles. The quantitative estimate of drug-likeness (QED) is 0.801. The molecule has 4 heteroatoms. The van der Waals surface area contributed by atoms with E-state index in [9.17, 15) is 4.79 Å². The van der Waals surface area contributed by atoms with E-state index in [4.69, 9.17) is 4.52 Å². The number of carbonyl (C=O) groups excluding carboxylic acids is 1. The van der Waals surface area contributed by atoms with E-state index in [2.05, 4.69) is 16.5 Å². The van der Waals surface area contributed by atoms with Crippen LogP contribution in [-0.2, 0) is 17.8 Å². The van der Waals surface area contributed by atoms with E-state index in [1.807, 2.05) is 51.1 Å². The Morgan fingerprint density at radius 3 is 2.57 bits per heavy atom. The highest BCUT2D eigenvalue weighted by Gasteiger charge is 2.14. The van der Waals surface area contributed by atoms with Gasteiger partial charge in [0.15, 0.2) is 5.58 Å². The Hall–Kier alpha value is -2.62. The second-order valence-electron chi connectivity index (χ2n) is 6.03. The fourth-order valence-corrected chi connectivity index (χ4v) is 2.69. The van der Waals surface area contributed by atoms with Crippen LogP contribution in [0.1, 0.15) is 27.9 Å². The minimum atomic E-state index is -0.0556. The van der Waals surface area contributed by atoms with Crippen molar-refractivity contribution in [3.8, 4) is 0 Å². The topological polar surface area (TPSA) is 55.1 Å². The second kappa shape index (κ2) is 6.24. The van der Waals surface area contributed by atoms with Crippen molar-refractivity contribution in [3.05, 3.63) is 64.3 Å². The van der Waals surface area contributed by atoms with Crippen molar-refractivity contribution in [2.45, 2.75) is 33.7 Å². The standard InChI is InChI=1S/C19H20N2O2/c1-12-4-6-15(7-5-12)11-20-18(22)10-17-16-9-13(2)8-14(3)19(16)23-21-17/h4-9H,10-11H2,1-3H3,(H,20,22). The molecule has 0 unspecified atom stereocenters. The number of nitrogens with zero attached hydrogens (tertiary/aromatic N) is 1. The van der Waals surface area contributed by atoms with Crippen molar-refractivity contribution in [3.63, 3.8) is 0 Å². The average Bonchev–Trinajstić information content (AvgIpc) is 2.90. The molecule has 0 saturated carbocycles. The number of hydrogen-bond acceptors (Lipinski definition) is 3. The van der Waals surface area contributed by atoms with E-state index in [0.717, 1.165) is 27.7 Å². The number of rotatable bonds is 4. The fraction of sp³-hybridized carbons (Fsp3) is 0.263. The molecular formula is C19H20N2O2. The molecule has 0 saturated heterocycles. The van der Waals surface area contributed by atoms with E-state index in [-0.39, 0.29) is 12.3 Å². The molecular weight excluding hydrogens is 288 g/mol. The lowest BCUT2D eigenvalue weighted by atomic mass is 10.1. The minimum Gasteiger partial charge on any atom is -0.356 e. The number of benzene rings is 2. The number of carbonyl (C=O) groups is 1. The second-order valence-corrected chi connectivity index (χ2v) is 6.03. The molecule has 2 aromatic carbocycles. The van der Waals surface area contributed by atoms with Gasteiger partial charge in [-0.3, -0.25) is 4.79 Å². The largest absolute Gasteiger partial charge is 0.356 e. The van der Waals surface area contributed by atoms with Gasteiger partial charge in [-0.15, -0.1) is 0 Å². The smallest absolute Gasteiger partial charge is 0.226 e. The molecule has 0 radical (unpaired) electrons. The highest BCUT2D eigenvalue weighted by Crippen LogP contribution is 2.24. The lowest BCUT2D eigenvalue weighted by Gasteiger charge is -2.05. The van der Waals surface area contributed by atoms with Crippen molar-refractivity contribution < 1.29 is 9.32 Å². The van der Waals surface area contributed by atoms with E-state index >= 15 is 0 Å². The molecule has 0 aliphatic carbocycles. The first-order chi connectivity index (χ1) is 11.0. The maximum Gasteiger partial charge on any atom is 0.226 e. The van der Waals surface area contributed by atoms with Crippen LogP contribution in [0.4, 0.5) is 0 Å². The van der Waals surface area contributed by atoms with Crippen molar-refractivity contribution in [1.29, 1.82) is 0 Å². The molecule has 0 spiro atoms. The van der Waals surface area contributed by atoms with Crippen molar-refractivity contribution >= 4 is 16.9 Å². The molecule has 4 nitrogen and oxygen atoms in total. The van der Waals surface area contributed by atoms with Gasteiger partial charge in [0.25, 0.3) is 0 Å². The zero-order valence-corrected chi connectivity index (χ0v) is 13.6. The van der Waals surface area contributed by atoms with Gasteiger partial charge < -0.3 is 9.84 Å². The maximum atomic E-state index is 12.2. The Bertz CT molecular complexity index is 848. The third kappa shape index (κ3) is 3.42. The van der Waals surface area contributed by atoms with Gasteiger partial charge in [0.05, 0.1) is 6.42 Å². The molecule has 3 aromatic rings. The van der Waals surface area contributed by atoms with E-state index < -0.39 is 0 Å². The van der Waals surface area contributed by atoms with Crippen LogP contribution in [0.2, 0.25) is 0 Å². The van der Waals surface area contributed by atoms with Gasteiger partial charge in [-0.1, -0.05) is 41.1 Å². The van der Waals surface area contributed by atoms with Gasteiger partial charge in [0.1, 0.15) is 5.69 Å². The number of amides is 1. The average molecular weight is 308 g/mol. The van der Waals surface area contributed by atoms with Gasteiger partial charge in [-0.05, 0) is 43.5 Å². The van der Waals surface area contributed by atoms with Gasteiger partial charge in [-0.2, -0.15) is 0 Å². The molecule has 1 aromatic heterocycles. The first-order valence-electron chi connectivity index (χ1n) is 7.70. The zero-order valence-electron chi connectivity index (χ0n) is 13.6. The summed E-state index contributed by atoms with van der Waals surface area (Å²) in [5.41, 5.74) is 5.92. The maximum absolute atomic E-state index is 12.2. The van der Waals surface area contributed by atoms with Crippen LogP contribution >= 0.6 is 0 Å². The fourth-order valence-electron chi connectivity index (χ4n) is 2.69. The zero-order chi connectivity index (χ0) is 16.4. The lowest BCUT2D eigenvalue weighted by molar-refractivity contribution is -0.120. The van der Waals surface area contributed by atoms with Crippen LogP contribution in [-0.4, -0.2) is 11.1 Å². The van der Waals surface area contributed by atoms with Gasteiger partial charge in [0.2, 0.25) is 5.91 Å². The Morgan fingerprint density at radius 2 is 1.83 bits per heavy atom. The monoisotopic (exact) mass is 308 g/mol. The lowest BCUT2D eigenvalue weighted by Crippen LogP contribution is -2.24. The molecule has 0 aliphatic rings. The third-order valence-corrected chi connectivity index (χ3v) is 3.92. The van der Waals surface area contributed by atoms with Crippen LogP contribution < -0.4 is 5.32 Å². The molecule has 118 valence electrons. The molecule has 0 aliphatic heterocycles. The van der Waals surface area contributed by atoms with Gasteiger partial charge >= 0.3 is 0 Å². The SMILES string of the molecule is Cc1ccc(CNC(=O)Cc2noc3c(C)cc(C)cc23)cc1. The number of nitrogens with one attached hydrogen (secondary N) is 1. The Kier molecular flexibility index (Phi) is 4.15. The predicted octanol–water partition coefficient (Wildman–Crippen LogP) is 3.61. The van der Waals surface area contributed by atoms with Gasteiger partial charge in [0, 0.05) is 11.9 Å². The Morgan fingerprint density at radius 1 is 1.09 bits per heavy atom. The van der Waals surface area contributed by atoms with Crippen LogP contribution in [0.5, 0.6) is 0 Å². The summed E-state index contributed by atoms with van der Waals surface area (Å²) in [6, 6.07) is 12.2. The van der Waals surface area contributed by atoms with Gasteiger partial charge in [-0.25, -0.2) is 0 Å². The Labute approximate surface area is 135 Å². The molecule has 23 heavy (non-hydrogen) atoms. The number of fused-ring (bicyclic) bond motifs is 1. The summed E-state index contributed by atoms with van der Waals surface area (Å²) in [4.78, 5) is 12.2. The van der Waals surface area contributed by atoms with Crippen LogP contribution in [0.15, 0.2) is 40.9 Å². The molecule has 0 atom stereocenters. The van der Waals surface area contributed by atoms with Crippen LogP contribution in [0.25, 0.3) is 11.0 Å². The number of hydrogen-bond donors (Lipinski definition) is 1. The summed E-state index contributed by atoms with van der Waals surface area (Å²) < 4.78 is 5.38. The van der Waals surface area contributed by atoms with E-state index in [1.54, 1.807) is 0 Å². The summed E-state index contributed by atoms with van der Waals surface area (Å²) in [7, 11) is 0. The Balaban J connectivity index is 1.69. The normalized spacial score (nSPS) is 10.9. The predicted molar refractivity (Wildman–Crippen MR) is 90.2 cm³/mol. The first kappa shape index (κ1) is 15.3. The molecule has 0 fully saturated rings. The number of aryl methyl sites for hydroxylation is 3. The summed E-state index contributed by atoms with van der Waals surface area (Å²) in [5, 5.41) is 7.92. The van der Waals surface area contributed by atoms with E-state index in [1.165, 1.54) is 5.56 Å². The summed E-state index contributed by atoms with van der Waals surface area (Å²) in [5.74, 6) is -0.0556.